The second-order valence-electron chi connectivity index (χ2n) is 4.63. The van der Waals surface area contributed by atoms with Gasteiger partial charge >= 0.3 is 0 Å². The lowest BCUT2D eigenvalue weighted by Gasteiger charge is -2.20. The molecule has 1 saturated heterocycles. The molecule has 1 N–H and O–H groups in total. The van der Waals surface area contributed by atoms with E-state index in [1.165, 1.54) is 0 Å². The van der Waals surface area contributed by atoms with E-state index in [0.717, 1.165) is 13.1 Å². The number of hydrogen-bond donors (Lipinski definition) is 1. The van der Waals surface area contributed by atoms with Gasteiger partial charge in [-0.1, -0.05) is 0 Å². The number of aromatic nitrogens is 2. The smallest absolute Gasteiger partial charge is 0.289 e. The molecule has 1 aliphatic heterocycles. The van der Waals surface area contributed by atoms with Gasteiger partial charge in [-0.05, 0) is 6.92 Å². The van der Waals surface area contributed by atoms with E-state index in [9.17, 15) is 9.59 Å². The van der Waals surface area contributed by atoms with Crippen molar-refractivity contribution in [3.05, 3.63) is 18.2 Å². The number of hydrogen-bond acceptors (Lipinski definition) is 3. The minimum absolute atomic E-state index is 0.137. The van der Waals surface area contributed by atoms with Gasteiger partial charge in [-0.2, -0.15) is 0 Å². The van der Waals surface area contributed by atoms with Crippen molar-refractivity contribution in [1.82, 2.24) is 19.8 Å². The molecule has 1 aromatic heterocycles. The number of aromatic amines is 1. The lowest BCUT2D eigenvalue weighted by molar-refractivity contribution is -0.127. The fourth-order valence-electron chi connectivity index (χ4n) is 2.32. The van der Waals surface area contributed by atoms with Gasteiger partial charge in [0.15, 0.2) is 5.82 Å². The molecule has 0 saturated carbocycles. The van der Waals surface area contributed by atoms with Crippen molar-refractivity contribution in [3.8, 4) is 0 Å². The summed E-state index contributed by atoms with van der Waals surface area (Å²) in [6.45, 7) is 4.04. The van der Waals surface area contributed by atoms with Crippen molar-refractivity contribution < 1.29 is 9.59 Å². The lowest BCUT2D eigenvalue weighted by Crippen LogP contribution is -2.33. The zero-order valence-electron chi connectivity index (χ0n) is 10.7. The Labute approximate surface area is 106 Å². The van der Waals surface area contributed by atoms with Gasteiger partial charge in [0.2, 0.25) is 5.91 Å². The highest BCUT2D eigenvalue weighted by Crippen LogP contribution is 2.18. The number of amides is 2. The third-order valence-electron chi connectivity index (χ3n) is 3.26. The Bertz CT molecular complexity index is 429. The zero-order valence-corrected chi connectivity index (χ0v) is 10.7. The molecule has 2 amide bonds. The van der Waals surface area contributed by atoms with Gasteiger partial charge in [0.1, 0.15) is 0 Å². The van der Waals surface area contributed by atoms with Crippen LogP contribution in [0.25, 0.3) is 0 Å². The fraction of sp³-hybridized carbons (Fsp3) is 0.583. The van der Waals surface area contributed by atoms with Crippen LogP contribution < -0.4 is 0 Å². The van der Waals surface area contributed by atoms with Crippen LogP contribution >= 0.6 is 0 Å². The van der Waals surface area contributed by atoms with E-state index in [2.05, 4.69) is 9.97 Å². The molecule has 1 aromatic rings. The van der Waals surface area contributed by atoms with E-state index < -0.39 is 0 Å². The third kappa shape index (κ3) is 2.52. The minimum atomic E-state index is -0.137. The maximum atomic E-state index is 12.0. The van der Waals surface area contributed by atoms with Gasteiger partial charge < -0.3 is 14.8 Å². The molecule has 1 unspecified atom stereocenters. The van der Waals surface area contributed by atoms with Crippen molar-refractivity contribution in [1.29, 1.82) is 0 Å². The Morgan fingerprint density at radius 1 is 1.67 bits per heavy atom. The Kier molecular flexibility index (Phi) is 3.64. The van der Waals surface area contributed by atoms with Gasteiger partial charge in [0, 0.05) is 51.4 Å². The van der Waals surface area contributed by atoms with Crippen LogP contribution in [0.4, 0.5) is 0 Å². The van der Waals surface area contributed by atoms with Gasteiger partial charge in [-0.3, -0.25) is 9.59 Å². The maximum Gasteiger partial charge on any atom is 0.289 e. The highest BCUT2D eigenvalue weighted by Gasteiger charge is 2.30. The van der Waals surface area contributed by atoms with Gasteiger partial charge in [0.05, 0.1) is 0 Å². The topological polar surface area (TPSA) is 69.3 Å². The first-order valence-electron chi connectivity index (χ1n) is 6.14. The summed E-state index contributed by atoms with van der Waals surface area (Å²) in [5, 5.41) is 0. The number of nitrogens with one attached hydrogen (secondary N) is 1. The van der Waals surface area contributed by atoms with Crippen LogP contribution in [0, 0.1) is 5.92 Å². The van der Waals surface area contributed by atoms with Crippen LogP contribution in [0.2, 0.25) is 0 Å². The SMILES string of the molecule is CCN1CC(CN(C)C(=O)c2ncc[nH]2)CC1=O. The quantitative estimate of drug-likeness (QED) is 0.838. The van der Waals surface area contributed by atoms with Crippen LogP contribution in [0.1, 0.15) is 24.0 Å². The van der Waals surface area contributed by atoms with Crippen LogP contribution in [0.15, 0.2) is 12.4 Å². The van der Waals surface area contributed by atoms with Crippen molar-refractivity contribution in [2.24, 2.45) is 5.92 Å². The first-order chi connectivity index (χ1) is 8.61. The van der Waals surface area contributed by atoms with Crippen LogP contribution in [0.3, 0.4) is 0 Å². The highest BCUT2D eigenvalue weighted by molar-refractivity contribution is 5.90. The molecule has 2 heterocycles. The van der Waals surface area contributed by atoms with Crippen molar-refractivity contribution in [2.45, 2.75) is 13.3 Å². The van der Waals surface area contributed by atoms with Gasteiger partial charge in [0.25, 0.3) is 5.91 Å². The molecule has 1 fully saturated rings. The normalized spacial score (nSPS) is 19.3. The second kappa shape index (κ2) is 5.20. The van der Waals surface area contributed by atoms with Crippen molar-refractivity contribution >= 4 is 11.8 Å². The number of likely N-dealkylation sites (tertiary alicyclic amines) is 1. The molecule has 0 spiro atoms. The molecule has 18 heavy (non-hydrogen) atoms. The molecule has 2 rings (SSSR count). The van der Waals surface area contributed by atoms with E-state index in [-0.39, 0.29) is 17.7 Å². The maximum absolute atomic E-state index is 12.0. The molecule has 6 nitrogen and oxygen atoms in total. The highest BCUT2D eigenvalue weighted by atomic mass is 16.2. The average Bonchev–Trinajstić information content (AvgIpc) is 2.97. The predicted octanol–water partition coefficient (Wildman–Crippen LogP) is 0.350. The summed E-state index contributed by atoms with van der Waals surface area (Å²) >= 11 is 0. The molecule has 0 aliphatic carbocycles. The summed E-state index contributed by atoms with van der Waals surface area (Å²) in [6.07, 6.45) is 3.71. The molecule has 1 aliphatic rings. The van der Waals surface area contributed by atoms with Crippen LogP contribution in [-0.2, 0) is 4.79 Å². The molecule has 0 bridgehead atoms. The summed E-state index contributed by atoms with van der Waals surface area (Å²) in [4.78, 5) is 33.7. The minimum Gasteiger partial charge on any atom is -0.343 e. The predicted molar refractivity (Wildman–Crippen MR) is 65.9 cm³/mol. The number of rotatable bonds is 4. The Balaban J connectivity index is 1.91. The van der Waals surface area contributed by atoms with Crippen molar-refractivity contribution in [2.75, 3.05) is 26.7 Å². The zero-order chi connectivity index (χ0) is 13.1. The standard InChI is InChI=1S/C12H18N4O2/c1-3-16-8-9(6-10(16)17)7-15(2)12(18)11-13-4-5-14-11/h4-5,9H,3,6-8H2,1-2H3,(H,13,14). The Hall–Kier alpha value is -1.85. The Morgan fingerprint density at radius 2 is 2.44 bits per heavy atom. The molecule has 6 heteroatoms. The molecule has 0 aromatic carbocycles. The first-order valence-corrected chi connectivity index (χ1v) is 6.14. The van der Waals surface area contributed by atoms with E-state index in [0.29, 0.717) is 18.8 Å². The van der Waals surface area contributed by atoms with E-state index in [1.54, 1.807) is 24.3 Å². The second-order valence-corrected chi connectivity index (χ2v) is 4.63. The average molecular weight is 250 g/mol. The van der Waals surface area contributed by atoms with Crippen molar-refractivity contribution in [3.63, 3.8) is 0 Å². The first kappa shape index (κ1) is 12.6. The number of imidazole rings is 1. The third-order valence-corrected chi connectivity index (χ3v) is 3.26. The van der Waals surface area contributed by atoms with E-state index >= 15 is 0 Å². The number of H-pyrrole nitrogens is 1. The van der Waals surface area contributed by atoms with Gasteiger partial charge in [-0.25, -0.2) is 4.98 Å². The summed E-state index contributed by atoms with van der Waals surface area (Å²) in [7, 11) is 1.74. The fourth-order valence-corrected chi connectivity index (χ4v) is 2.32. The van der Waals surface area contributed by atoms with Crippen LogP contribution in [0.5, 0.6) is 0 Å². The van der Waals surface area contributed by atoms with Crippen LogP contribution in [-0.4, -0.2) is 58.3 Å². The molecule has 1 atom stereocenters. The molecule has 98 valence electrons. The number of carbonyl (C=O) groups is 2. The number of nitrogens with zero attached hydrogens (tertiary/aromatic N) is 3. The molecule has 0 radical (unpaired) electrons. The van der Waals surface area contributed by atoms with E-state index in [1.807, 2.05) is 11.8 Å². The number of carbonyl (C=O) groups excluding carboxylic acids is 2. The summed E-state index contributed by atoms with van der Waals surface area (Å²) in [5.74, 6) is 0.610. The summed E-state index contributed by atoms with van der Waals surface area (Å²) < 4.78 is 0. The Morgan fingerprint density at radius 3 is 3.00 bits per heavy atom. The molecular formula is C12H18N4O2. The largest absolute Gasteiger partial charge is 0.343 e. The lowest BCUT2D eigenvalue weighted by atomic mass is 10.1. The summed E-state index contributed by atoms with van der Waals surface area (Å²) in [5.41, 5.74) is 0. The van der Waals surface area contributed by atoms with Gasteiger partial charge in [-0.15, -0.1) is 0 Å². The monoisotopic (exact) mass is 250 g/mol. The molecular weight excluding hydrogens is 232 g/mol. The summed E-state index contributed by atoms with van der Waals surface area (Å²) in [6, 6.07) is 0. The van der Waals surface area contributed by atoms with E-state index in [4.69, 9.17) is 0 Å².